The van der Waals surface area contributed by atoms with Gasteiger partial charge in [-0.25, -0.2) is 8.42 Å². The van der Waals surface area contributed by atoms with Gasteiger partial charge in [-0.2, -0.15) is 12.6 Å². The third-order valence-electron chi connectivity index (χ3n) is 1.64. The molecule has 0 atom stereocenters. The molecule has 0 amide bonds. The lowest BCUT2D eigenvalue weighted by molar-refractivity contribution is 0.347. The molecular formula is C5H11NO2S2. The van der Waals surface area contributed by atoms with E-state index in [4.69, 9.17) is 0 Å². The van der Waals surface area contributed by atoms with Crippen molar-refractivity contribution in [1.29, 1.82) is 0 Å². The fourth-order valence-electron chi connectivity index (χ4n) is 0.892. The normalized spacial score (nSPS) is 26.5. The zero-order chi connectivity index (χ0) is 7.61. The zero-order valence-electron chi connectivity index (χ0n) is 5.65. The highest BCUT2D eigenvalue weighted by atomic mass is 32.2. The van der Waals surface area contributed by atoms with Gasteiger partial charge in [0.1, 0.15) is 0 Å². The van der Waals surface area contributed by atoms with Gasteiger partial charge in [-0.05, 0) is 0 Å². The summed E-state index contributed by atoms with van der Waals surface area (Å²) in [6.07, 6.45) is 0. The zero-order valence-corrected chi connectivity index (χ0v) is 7.37. The maximum absolute atomic E-state index is 10.9. The Balaban J connectivity index is 2.46. The Morgan fingerprint density at radius 3 is 2.20 bits per heavy atom. The number of rotatable bonds is 1. The predicted molar refractivity (Wildman–Crippen MR) is 44.1 cm³/mol. The van der Waals surface area contributed by atoms with Gasteiger partial charge in [0.05, 0.1) is 11.5 Å². The lowest BCUT2D eigenvalue weighted by Crippen LogP contribution is -2.39. The molecule has 0 saturated carbocycles. The van der Waals surface area contributed by atoms with Crippen LogP contribution in [0.25, 0.3) is 0 Å². The van der Waals surface area contributed by atoms with Crippen molar-refractivity contribution < 1.29 is 8.42 Å². The van der Waals surface area contributed by atoms with Crippen LogP contribution in [0, 0.1) is 0 Å². The summed E-state index contributed by atoms with van der Waals surface area (Å²) in [7, 11) is -2.70. The molecule has 1 saturated heterocycles. The first-order valence-corrected chi connectivity index (χ1v) is 5.63. The quantitative estimate of drug-likeness (QED) is 0.560. The summed E-state index contributed by atoms with van der Waals surface area (Å²) >= 11 is 4.05. The highest BCUT2D eigenvalue weighted by Crippen LogP contribution is 2.03. The smallest absolute Gasteiger partial charge is 0.152 e. The maximum Gasteiger partial charge on any atom is 0.152 e. The van der Waals surface area contributed by atoms with E-state index in [2.05, 4.69) is 12.6 Å². The number of nitrogens with zero attached hydrogens (tertiary/aromatic N) is 1. The van der Waals surface area contributed by atoms with Crippen molar-refractivity contribution in [3.8, 4) is 0 Å². The highest BCUT2D eigenvalue weighted by Gasteiger charge is 2.19. The fourth-order valence-corrected chi connectivity index (χ4v) is 2.45. The molecule has 0 aromatic carbocycles. The second-order valence-electron chi connectivity index (χ2n) is 2.41. The van der Waals surface area contributed by atoms with Crippen LogP contribution in [0.5, 0.6) is 0 Å². The van der Waals surface area contributed by atoms with Crippen molar-refractivity contribution in [3.05, 3.63) is 0 Å². The Morgan fingerprint density at radius 2 is 1.80 bits per heavy atom. The fraction of sp³-hybridized carbons (Fsp3) is 1.00. The molecule has 0 bridgehead atoms. The van der Waals surface area contributed by atoms with E-state index < -0.39 is 9.84 Å². The molecule has 60 valence electrons. The minimum atomic E-state index is -2.70. The third-order valence-corrected chi connectivity index (χ3v) is 3.65. The molecule has 0 N–H and O–H groups in total. The summed E-state index contributed by atoms with van der Waals surface area (Å²) in [6.45, 7) is 1.29. The average molecular weight is 181 g/mol. The predicted octanol–water partition coefficient (Wildman–Crippen LogP) is -0.396. The van der Waals surface area contributed by atoms with Gasteiger partial charge in [0.2, 0.25) is 0 Å². The van der Waals surface area contributed by atoms with Crippen molar-refractivity contribution in [2.24, 2.45) is 0 Å². The molecule has 0 spiro atoms. The summed E-state index contributed by atoms with van der Waals surface area (Å²) in [4.78, 5) is 2.02. The van der Waals surface area contributed by atoms with Gasteiger partial charge in [0.25, 0.3) is 0 Å². The summed E-state index contributed by atoms with van der Waals surface area (Å²) in [5.74, 6) is 1.26. The third kappa shape index (κ3) is 2.14. The van der Waals surface area contributed by atoms with Gasteiger partial charge in [0.15, 0.2) is 9.84 Å². The average Bonchev–Trinajstić information content (AvgIpc) is 1.88. The molecule has 1 aliphatic rings. The van der Waals surface area contributed by atoms with E-state index in [1.54, 1.807) is 0 Å². The Bertz CT molecular complexity index is 186. The molecule has 0 aliphatic carbocycles. The van der Waals surface area contributed by atoms with Gasteiger partial charge in [-0.15, -0.1) is 0 Å². The van der Waals surface area contributed by atoms with Crippen LogP contribution in [-0.2, 0) is 9.84 Å². The Labute approximate surface area is 66.7 Å². The summed E-state index contributed by atoms with van der Waals surface area (Å²) < 4.78 is 21.7. The van der Waals surface area contributed by atoms with Gasteiger partial charge in [-0.3, -0.25) is 4.90 Å². The molecule has 0 aromatic rings. The second kappa shape index (κ2) is 3.11. The molecule has 5 heteroatoms. The maximum atomic E-state index is 10.9. The van der Waals surface area contributed by atoms with Gasteiger partial charge in [-0.1, -0.05) is 0 Å². The molecule has 0 aromatic heterocycles. The topological polar surface area (TPSA) is 37.4 Å². The summed E-state index contributed by atoms with van der Waals surface area (Å²) in [6, 6.07) is 0. The first-order valence-electron chi connectivity index (χ1n) is 3.18. The van der Waals surface area contributed by atoms with E-state index in [1.165, 1.54) is 0 Å². The van der Waals surface area contributed by atoms with E-state index in [0.29, 0.717) is 30.5 Å². The molecule has 1 rings (SSSR count). The first kappa shape index (κ1) is 8.36. The van der Waals surface area contributed by atoms with Crippen LogP contribution in [-0.4, -0.2) is 43.8 Å². The van der Waals surface area contributed by atoms with Crippen molar-refractivity contribution in [1.82, 2.24) is 4.90 Å². The number of hydrogen-bond donors (Lipinski definition) is 1. The van der Waals surface area contributed by atoms with Crippen LogP contribution in [0.15, 0.2) is 0 Å². The van der Waals surface area contributed by atoms with Crippen molar-refractivity contribution >= 4 is 22.5 Å². The molecule has 1 aliphatic heterocycles. The summed E-state index contributed by atoms with van der Waals surface area (Å²) in [5, 5.41) is 0. The van der Waals surface area contributed by atoms with E-state index in [-0.39, 0.29) is 0 Å². The first-order chi connectivity index (χ1) is 4.64. The minimum absolute atomic E-state index is 0.299. The SMILES string of the molecule is O=S1(=O)CCN(CS)CC1. The van der Waals surface area contributed by atoms with Crippen LogP contribution in [0.4, 0.5) is 0 Å². The Hall–Kier alpha value is 0.260. The Kier molecular flexibility index (Phi) is 2.60. The number of hydrogen-bond acceptors (Lipinski definition) is 4. The minimum Gasteiger partial charge on any atom is -0.292 e. The molecule has 1 fully saturated rings. The van der Waals surface area contributed by atoms with E-state index in [0.717, 1.165) is 0 Å². The lowest BCUT2D eigenvalue weighted by atomic mass is 10.6. The van der Waals surface area contributed by atoms with E-state index >= 15 is 0 Å². The molecular weight excluding hydrogens is 170 g/mol. The standard InChI is InChI=1S/C5H11NO2S2/c7-10(8)3-1-6(5-9)2-4-10/h9H,1-5H2. The van der Waals surface area contributed by atoms with Crippen molar-refractivity contribution in [2.45, 2.75) is 0 Å². The van der Waals surface area contributed by atoms with Crippen LogP contribution in [0.1, 0.15) is 0 Å². The Morgan fingerprint density at radius 1 is 1.30 bits per heavy atom. The van der Waals surface area contributed by atoms with Crippen LogP contribution in [0.2, 0.25) is 0 Å². The highest BCUT2D eigenvalue weighted by molar-refractivity contribution is 7.91. The number of sulfone groups is 1. The van der Waals surface area contributed by atoms with E-state index in [1.807, 2.05) is 4.90 Å². The molecule has 3 nitrogen and oxygen atoms in total. The van der Waals surface area contributed by atoms with Gasteiger partial charge < -0.3 is 0 Å². The van der Waals surface area contributed by atoms with Crippen molar-refractivity contribution in [3.63, 3.8) is 0 Å². The lowest BCUT2D eigenvalue weighted by Gasteiger charge is -2.23. The monoisotopic (exact) mass is 181 g/mol. The van der Waals surface area contributed by atoms with Crippen molar-refractivity contribution in [2.75, 3.05) is 30.5 Å². The van der Waals surface area contributed by atoms with E-state index in [9.17, 15) is 8.42 Å². The van der Waals surface area contributed by atoms with Crippen LogP contribution >= 0.6 is 12.6 Å². The number of thiol groups is 1. The van der Waals surface area contributed by atoms with Crippen LogP contribution in [0.3, 0.4) is 0 Å². The second-order valence-corrected chi connectivity index (χ2v) is 5.00. The molecule has 0 radical (unpaired) electrons. The largest absolute Gasteiger partial charge is 0.292 e. The summed E-state index contributed by atoms with van der Waals surface area (Å²) in [5.41, 5.74) is 0. The molecule has 0 unspecified atom stereocenters. The molecule has 10 heavy (non-hydrogen) atoms. The van der Waals surface area contributed by atoms with Gasteiger partial charge >= 0.3 is 0 Å². The molecule has 1 heterocycles. The van der Waals surface area contributed by atoms with Gasteiger partial charge in [0, 0.05) is 19.0 Å². The van der Waals surface area contributed by atoms with Crippen LogP contribution < -0.4 is 0 Å².